The number of rotatable bonds is 6. The normalized spacial score (nSPS) is 12.4. The summed E-state index contributed by atoms with van der Waals surface area (Å²) in [5, 5.41) is 2.90. The summed E-state index contributed by atoms with van der Waals surface area (Å²) >= 11 is 0. The molecule has 1 atom stereocenters. The maximum absolute atomic E-state index is 12.1. The lowest BCUT2D eigenvalue weighted by molar-refractivity contribution is 0.0656. The van der Waals surface area contributed by atoms with Gasteiger partial charge in [0.2, 0.25) is 0 Å². The summed E-state index contributed by atoms with van der Waals surface area (Å²) in [6.45, 7) is 6.44. The molecule has 0 unspecified atom stereocenters. The number of hydrogen-bond acceptors (Lipinski definition) is 3. The Hall–Kier alpha value is -2.07. The summed E-state index contributed by atoms with van der Waals surface area (Å²) in [6, 6.07) is 10.9. The van der Waals surface area contributed by atoms with Gasteiger partial charge in [0.05, 0.1) is 25.0 Å². The van der Waals surface area contributed by atoms with E-state index in [0.717, 1.165) is 11.3 Å². The summed E-state index contributed by atoms with van der Waals surface area (Å²) in [5.74, 6) is 0.625. The Balaban J connectivity index is 1.93. The molecule has 1 amide bonds. The highest BCUT2D eigenvalue weighted by Crippen LogP contribution is 2.14. The Kier molecular flexibility index (Phi) is 5.17. The molecule has 0 fully saturated rings. The van der Waals surface area contributed by atoms with Crippen LogP contribution in [0.15, 0.2) is 47.1 Å². The van der Waals surface area contributed by atoms with E-state index in [1.165, 1.54) is 0 Å². The molecule has 0 aliphatic rings. The predicted molar refractivity (Wildman–Crippen MR) is 81.0 cm³/mol. The molecule has 2 aromatic rings. The first-order chi connectivity index (χ1) is 10.1. The molecule has 0 saturated carbocycles. The molecule has 4 heteroatoms. The first-order valence-electron chi connectivity index (χ1n) is 7.11. The van der Waals surface area contributed by atoms with E-state index >= 15 is 0 Å². The molecule has 0 aliphatic carbocycles. The van der Waals surface area contributed by atoms with Gasteiger partial charge in [-0.05, 0) is 50.6 Å². The smallest absolute Gasteiger partial charge is 0.251 e. The van der Waals surface area contributed by atoms with Crippen molar-refractivity contribution in [3.63, 3.8) is 0 Å². The van der Waals surface area contributed by atoms with E-state index in [1.54, 1.807) is 6.26 Å². The zero-order valence-electron chi connectivity index (χ0n) is 12.6. The first-order valence-corrected chi connectivity index (χ1v) is 7.11. The molecule has 1 aromatic carbocycles. The molecule has 1 N–H and O–H groups in total. The van der Waals surface area contributed by atoms with Crippen LogP contribution >= 0.6 is 0 Å². The second-order valence-electron chi connectivity index (χ2n) is 5.27. The van der Waals surface area contributed by atoms with Crippen molar-refractivity contribution < 1.29 is 13.9 Å². The van der Waals surface area contributed by atoms with Gasteiger partial charge in [-0.25, -0.2) is 0 Å². The molecule has 0 spiro atoms. The largest absolute Gasteiger partial charge is 0.467 e. The monoisotopic (exact) mass is 287 g/mol. The molecule has 21 heavy (non-hydrogen) atoms. The summed E-state index contributed by atoms with van der Waals surface area (Å²) in [7, 11) is 0. The average molecular weight is 287 g/mol. The van der Waals surface area contributed by atoms with Gasteiger partial charge in [-0.1, -0.05) is 12.1 Å². The Labute approximate surface area is 125 Å². The number of ether oxygens (including phenoxy) is 1. The third kappa shape index (κ3) is 4.46. The van der Waals surface area contributed by atoms with Crippen LogP contribution in [0.3, 0.4) is 0 Å². The third-order valence-corrected chi connectivity index (χ3v) is 3.12. The summed E-state index contributed by atoms with van der Waals surface area (Å²) in [6.07, 6.45) is 1.80. The van der Waals surface area contributed by atoms with E-state index in [4.69, 9.17) is 9.15 Å². The lowest BCUT2D eigenvalue weighted by atomic mass is 10.1. The first kappa shape index (κ1) is 15.3. The molecule has 0 saturated heterocycles. The van der Waals surface area contributed by atoms with Gasteiger partial charge < -0.3 is 14.5 Å². The summed E-state index contributed by atoms with van der Waals surface area (Å²) in [5.41, 5.74) is 1.68. The molecular formula is C17H21NO3. The maximum Gasteiger partial charge on any atom is 0.251 e. The van der Waals surface area contributed by atoms with Crippen molar-refractivity contribution in [3.8, 4) is 0 Å². The van der Waals surface area contributed by atoms with Gasteiger partial charge in [0.1, 0.15) is 5.76 Å². The Morgan fingerprint density at radius 1 is 1.19 bits per heavy atom. The number of nitrogens with one attached hydrogen (secondary N) is 1. The summed E-state index contributed by atoms with van der Waals surface area (Å²) in [4.78, 5) is 12.1. The molecule has 0 aliphatic heterocycles. The molecule has 1 aromatic heterocycles. The van der Waals surface area contributed by atoms with Crippen molar-refractivity contribution >= 4 is 5.91 Å². The highest BCUT2D eigenvalue weighted by atomic mass is 16.5. The van der Waals surface area contributed by atoms with Crippen LogP contribution in [-0.4, -0.2) is 12.0 Å². The lowest BCUT2D eigenvalue weighted by Crippen LogP contribution is -2.26. The minimum atomic E-state index is -0.156. The fraction of sp³-hybridized carbons (Fsp3) is 0.353. The van der Waals surface area contributed by atoms with Crippen molar-refractivity contribution in [2.24, 2.45) is 0 Å². The van der Waals surface area contributed by atoms with Gasteiger partial charge in [-0.2, -0.15) is 0 Å². The zero-order valence-corrected chi connectivity index (χ0v) is 12.6. The quantitative estimate of drug-likeness (QED) is 0.881. The van der Waals surface area contributed by atoms with Crippen LogP contribution in [0.25, 0.3) is 0 Å². The fourth-order valence-electron chi connectivity index (χ4n) is 1.90. The van der Waals surface area contributed by atoms with E-state index in [-0.39, 0.29) is 18.1 Å². The Bertz CT molecular complexity index is 558. The Morgan fingerprint density at radius 2 is 1.90 bits per heavy atom. The predicted octanol–water partition coefficient (Wildman–Crippen LogP) is 3.70. The number of benzene rings is 1. The number of amides is 1. The van der Waals surface area contributed by atoms with E-state index in [0.29, 0.717) is 12.2 Å². The van der Waals surface area contributed by atoms with Crippen LogP contribution in [0.5, 0.6) is 0 Å². The second-order valence-corrected chi connectivity index (χ2v) is 5.27. The molecule has 0 bridgehead atoms. The van der Waals surface area contributed by atoms with Crippen LogP contribution in [0, 0.1) is 0 Å². The van der Waals surface area contributed by atoms with Crippen LogP contribution in [-0.2, 0) is 11.3 Å². The molecule has 4 nitrogen and oxygen atoms in total. The number of carbonyl (C=O) groups is 1. The van der Waals surface area contributed by atoms with Crippen molar-refractivity contribution in [3.05, 3.63) is 59.5 Å². The molecular weight excluding hydrogens is 266 g/mol. The average Bonchev–Trinajstić information content (AvgIpc) is 3.00. The van der Waals surface area contributed by atoms with E-state index in [9.17, 15) is 4.79 Å². The standard InChI is InChI=1S/C17H21NO3/c1-12(2)21-11-14-6-8-15(9-7-14)17(19)18-13(3)16-5-4-10-20-16/h4-10,12-13H,11H2,1-3H3,(H,18,19)/t13-/m1/s1. The van der Waals surface area contributed by atoms with E-state index in [2.05, 4.69) is 5.32 Å². The van der Waals surface area contributed by atoms with Gasteiger partial charge in [-0.3, -0.25) is 4.79 Å². The van der Waals surface area contributed by atoms with Crippen molar-refractivity contribution in [2.45, 2.75) is 39.5 Å². The fourth-order valence-corrected chi connectivity index (χ4v) is 1.90. The SMILES string of the molecule is CC(C)OCc1ccc(C(=O)N[C@H](C)c2ccco2)cc1. The second kappa shape index (κ2) is 7.09. The van der Waals surface area contributed by atoms with Crippen molar-refractivity contribution in [1.29, 1.82) is 0 Å². The van der Waals surface area contributed by atoms with E-state index < -0.39 is 0 Å². The minimum absolute atomic E-state index is 0.116. The van der Waals surface area contributed by atoms with E-state index in [1.807, 2.05) is 57.2 Å². The topological polar surface area (TPSA) is 51.5 Å². The van der Waals surface area contributed by atoms with Crippen LogP contribution in [0.4, 0.5) is 0 Å². The highest BCUT2D eigenvalue weighted by Gasteiger charge is 2.13. The molecule has 2 rings (SSSR count). The number of furan rings is 1. The summed E-state index contributed by atoms with van der Waals surface area (Å²) < 4.78 is 10.8. The Morgan fingerprint density at radius 3 is 2.48 bits per heavy atom. The van der Waals surface area contributed by atoms with Crippen molar-refractivity contribution in [1.82, 2.24) is 5.32 Å². The molecule has 0 radical (unpaired) electrons. The molecule has 112 valence electrons. The maximum atomic E-state index is 12.1. The number of carbonyl (C=O) groups excluding carboxylic acids is 1. The molecule has 1 heterocycles. The van der Waals surface area contributed by atoms with Gasteiger partial charge in [0.15, 0.2) is 0 Å². The van der Waals surface area contributed by atoms with Crippen LogP contribution in [0.1, 0.15) is 48.5 Å². The third-order valence-electron chi connectivity index (χ3n) is 3.12. The highest BCUT2D eigenvalue weighted by molar-refractivity contribution is 5.94. The zero-order chi connectivity index (χ0) is 15.2. The van der Waals surface area contributed by atoms with Crippen molar-refractivity contribution in [2.75, 3.05) is 0 Å². The van der Waals surface area contributed by atoms with Gasteiger partial charge >= 0.3 is 0 Å². The van der Waals surface area contributed by atoms with Gasteiger partial charge in [-0.15, -0.1) is 0 Å². The lowest BCUT2D eigenvalue weighted by Gasteiger charge is -2.12. The van der Waals surface area contributed by atoms with Crippen LogP contribution in [0.2, 0.25) is 0 Å². The van der Waals surface area contributed by atoms with Gasteiger partial charge in [0, 0.05) is 5.56 Å². The van der Waals surface area contributed by atoms with Crippen LogP contribution < -0.4 is 5.32 Å². The van der Waals surface area contributed by atoms with Gasteiger partial charge in [0.25, 0.3) is 5.91 Å². The number of hydrogen-bond donors (Lipinski definition) is 1. The minimum Gasteiger partial charge on any atom is -0.467 e.